The number of thiophene rings is 1. The molecule has 0 saturated heterocycles. The Balaban J connectivity index is 1.36. The Morgan fingerprint density at radius 3 is 2.56 bits per heavy atom. The van der Waals surface area contributed by atoms with Crippen LogP contribution in [0.2, 0.25) is 0 Å². The molecule has 1 unspecified atom stereocenters. The van der Waals surface area contributed by atoms with E-state index in [2.05, 4.69) is 20.8 Å². The lowest BCUT2D eigenvalue weighted by Gasteiger charge is -2.11. The maximum atomic E-state index is 12.9. The first-order chi connectivity index (χ1) is 17.4. The van der Waals surface area contributed by atoms with Crippen LogP contribution in [-0.2, 0) is 22.4 Å². The van der Waals surface area contributed by atoms with E-state index in [0.717, 1.165) is 29.7 Å². The highest BCUT2D eigenvalue weighted by Gasteiger charge is 2.29. The molecule has 9 nitrogen and oxygen atoms in total. The zero-order valence-corrected chi connectivity index (χ0v) is 22.5. The van der Waals surface area contributed by atoms with Crippen LogP contribution in [0, 0.1) is 0 Å². The van der Waals surface area contributed by atoms with Crippen molar-refractivity contribution in [3.05, 3.63) is 45.8 Å². The molecule has 2 aromatic heterocycles. The van der Waals surface area contributed by atoms with Gasteiger partial charge in [0.25, 0.3) is 5.91 Å². The van der Waals surface area contributed by atoms with E-state index >= 15 is 0 Å². The van der Waals surface area contributed by atoms with Crippen molar-refractivity contribution in [3.63, 3.8) is 0 Å². The normalized spacial score (nSPS) is 13.1. The van der Waals surface area contributed by atoms with Gasteiger partial charge in [0.05, 0.1) is 24.0 Å². The first-order valence-corrected chi connectivity index (χ1v) is 14.1. The summed E-state index contributed by atoms with van der Waals surface area (Å²) in [5.74, 6) is -0.267. The Morgan fingerprint density at radius 2 is 1.83 bits per heavy atom. The molecule has 3 aromatic rings. The van der Waals surface area contributed by atoms with E-state index in [1.807, 2.05) is 6.92 Å². The van der Waals surface area contributed by atoms with Crippen LogP contribution in [0.15, 0.2) is 28.6 Å². The average molecular weight is 547 g/mol. The molecular weight excluding hydrogens is 520 g/mol. The van der Waals surface area contributed by atoms with Crippen molar-refractivity contribution < 1.29 is 23.9 Å². The molecule has 1 aromatic carbocycles. The van der Waals surface area contributed by atoms with Gasteiger partial charge in [0, 0.05) is 10.4 Å². The Bertz CT molecular complexity index is 1260. The number of fused-ring (bicyclic) bond motifs is 1. The number of nitrogens with one attached hydrogen (secondary N) is 2. The van der Waals surface area contributed by atoms with Crippen molar-refractivity contribution in [1.82, 2.24) is 10.2 Å². The minimum atomic E-state index is -0.500. The number of hydrogen-bond donors (Lipinski definition) is 2. The molecule has 2 N–H and O–H groups in total. The van der Waals surface area contributed by atoms with Crippen LogP contribution in [0.1, 0.15) is 58.3 Å². The summed E-state index contributed by atoms with van der Waals surface area (Å²) in [4.78, 5) is 39.1. The molecule has 190 valence electrons. The van der Waals surface area contributed by atoms with Crippen LogP contribution in [0.3, 0.4) is 0 Å². The first kappa shape index (κ1) is 26.1. The highest BCUT2D eigenvalue weighted by atomic mass is 32.2. The molecule has 36 heavy (non-hydrogen) atoms. The maximum Gasteiger partial charge on any atom is 0.341 e. The number of ether oxygens (including phenoxy) is 2. The van der Waals surface area contributed by atoms with Crippen LogP contribution in [0.5, 0.6) is 5.75 Å². The fourth-order valence-corrected chi connectivity index (χ4v) is 6.85. The second-order valence-corrected chi connectivity index (χ2v) is 11.5. The van der Waals surface area contributed by atoms with Crippen molar-refractivity contribution in [1.29, 1.82) is 0 Å². The minimum Gasteiger partial charge on any atom is -0.494 e. The summed E-state index contributed by atoms with van der Waals surface area (Å²) in [6.45, 7) is 6.24. The molecule has 0 radical (unpaired) electrons. The van der Waals surface area contributed by atoms with E-state index in [0.29, 0.717) is 38.0 Å². The summed E-state index contributed by atoms with van der Waals surface area (Å²) in [5, 5.41) is 14.1. The van der Waals surface area contributed by atoms with Crippen molar-refractivity contribution >= 4 is 62.4 Å². The number of rotatable bonds is 10. The van der Waals surface area contributed by atoms with Gasteiger partial charge in [-0.05, 0) is 69.9 Å². The molecule has 12 heteroatoms. The summed E-state index contributed by atoms with van der Waals surface area (Å²) in [6.07, 6.45) is 2.72. The summed E-state index contributed by atoms with van der Waals surface area (Å²) in [7, 11) is 0. The van der Waals surface area contributed by atoms with Gasteiger partial charge in [0.1, 0.15) is 10.8 Å². The topological polar surface area (TPSA) is 120 Å². The van der Waals surface area contributed by atoms with Gasteiger partial charge < -0.3 is 14.8 Å². The Labute approximate surface area is 221 Å². The molecule has 4 rings (SSSR count). The molecular formula is C24H26N4O5S3. The number of carbonyl (C=O) groups excluding carboxylic acids is 3. The number of aryl methyl sites for hydroxylation is 1. The number of hydrogen-bond acceptors (Lipinski definition) is 10. The van der Waals surface area contributed by atoms with Crippen molar-refractivity contribution in [2.45, 2.75) is 49.6 Å². The SMILES string of the molecule is CCOC(=O)c1c(NC(=O)C(C)Sc2nnc(NC(=O)c3ccc(OCC)cc3)s2)sc2c1CCC2. The molecule has 0 saturated carbocycles. The fraction of sp³-hybridized carbons (Fsp3) is 0.375. The number of nitrogens with zero attached hydrogens (tertiary/aromatic N) is 2. The van der Waals surface area contributed by atoms with Crippen LogP contribution in [-0.4, -0.2) is 46.4 Å². The summed E-state index contributed by atoms with van der Waals surface area (Å²) >= 11 is 3.86. The second-order valence-electron chi connectivity index (χ2n) is 7.82. The van der Waals surface area contributed by atoms with E-state index in [1.165, 1.54) is 34.4 Å². The standard InChI is InChI=1S/C24H26N4O5S3/c1-4-32-15-11-9-14(10-12-15)20(30)26-23-27-28-24(36-23)34-13(3)19(29)25-21-18(22(31)33-5-2)16-7-6-8-17(16)35-21/h9-13H,4-8H2,1-3H3,(H,25,29)(H,26,27,30). The molecule has 0 fully saturated rings. The number of anilines is 2. The van der Waals surface area contributed by atoms with E-state index in [-0.39, 0.29) is 18.4 Å². The Morgan fingerprint density at radius 1 is 1.06 bits per heavy atom. The van der Waals surface area contributed by atoms with Gasteiger partial charge in [-0.2, -0.15) is 0 Å². The van der Waals surface area contributed by atoms with E-state index < -0.39 is 11.2 Å². The molecule has 0 aliphatic heterocycles. The molecule has 0 spiro atoms. The molecule has 1 aliphatic carbocycles. The smallest absolute Gasteiger partial charge is 0.341 e. The number of aromatic nitrogens is 2. The average Bonchev–Trinajstić information content (AvgIpc) is 3.56. The van der Waals surface area contributed by atoms with Gasteiger partial charge in [-0.3, -0.25) is 14.9 Å². The Kier molecular flexibility index (Phi) is 8.60. The molecule has 2 amide bonds. The van der Waals surface area contributed by atoms with Gasteiger partial charge >= 0.3 is 5.97 Å². The summed E-state index contributed by atoms with van der Waals surface area (Å²) in [6, 6.07) is 6.81. The Hall–Kier alpha value is -2.96. The zero-order chi connectivity index (χ0) is 25.7. The van der Waals surface area contributed by atoms with Gasteiger partial charge in [0.15, 0.2) is 4.34 Å². The van der Waals surface area contributed by atoms with Gasteiger partial charge in [-0.15, -0.1) is 21.5 Å². The molecule has 1 aliphatic rings. The predicted molar refractivity (Wildman–Crippen MR) is 142 cm³/mol. The highest BCUT2D eigenvalue weighted by molar-refractivity contribution is 8.02. The highest BCUT2D eigenvalue weighted by Crippen LogP contribution is 2.40. The quantitative estimate of drug-likeness (QED) is 0.206. The number of carbonyl (C=O) groups is 3. The summed E-state index contributed by atoms with van der Waals surface area (Å²) in [5.41, 5.74) is 1.94. The van der Waals surface area contributed by atoms with Gasteiger partial charge in [-0.1, -0.05) is 23.1 Å². The lowest BCUT2D eigenvalue weighted by atomic mass is 10.1. The van der Waals surface area contributed by atoms with E-state index in [1.54, 1.807) is 38.1 Å². The van der Waals surface area contributed by atoms with E-state index in [4.69, 9.17) is 9.47 Å². The molecule has 2 heterocycles. The summed E-state index contributed by atoms with van der Waals surface area (Å²) < 4.78 is 11.2. The van der Waals surface area contributed by atoms with Gasteiger partial charge in [0.2, 0.25) is 11.0 Å². The monoisotopic (exact) mass is 546 g/mol. The third kappa shape index (κ3) is 6.05. The second kappa shape index (κ2) is 11.8. The molecule has 1 atom stereocenters. The van der Waals surface area contributed by atoms with Crippen molar-refractivity contribution in [2.24, 2.45) is 0 Å². The minimum absolute atomic E-state index is 0.249. The molecule has 0 bridgehead atoms. The third-order valence-electron chi connectivity index (χ3n) is 5.34. The number of amides is 2. The number of esters is 1. The van der Waals surface area contributed by atoms with E-state index in [9.17, 15) is 14.4 Å². The zero-order valence-electron chi connectivity index (χ0n) is 20.1. The van der Waals surface area contributed by atoms with Crippen LogP contribution < -0.4 is 15.4 Å². The predicted octanol–water partition coefficient (Wildman–Crippen LogP) is 5.04. The van der Waals surface area contributed by atoms with Crippen LogP contribution in [0.4, 0.5) is 10.1 Å². The third-order valence-corrected chi connectivity index (χ3v) is 8.57. The maximum absolute atomic E-state index is 12.9. The van der Waals surface area contributed by atoms with Crippen molar-refractivity contribution in [2.75, 3.05) is 23.8 Å². The van der Waals surface area contributed by atoms with Gasteiger partial charge in [-0.25, -0.2) is 4.79 Å². The van der Waals surface area contributed by atoms with Crippen LogP contribution in [0.25, 0.3) is 0 Å². The first-order valence-electron chi connectivity index (χ1n) is 11.6. The largest absolute Gasteiger partial charge is 0.494 e. The van der Waals surface area contributed by atoms with Crippen LogP contribution >= 0.6 is 34.4 Å². The lowest BCUT2D eigenvalue weighted by molar-refractivity contribution is -0.115. The lowest BCUT2D eigenvalue weighted by Crippen LogP contribution is -2.23. The number of thioether (sulfide) groups is 1. The fourth-order valence-electron chi connectivity index (χ4n) is 3.68. The number of benzene rings is 1. The van der Waals surface area contributed by atoms with Crippen molar-refractivity contribution in [3.8, 4) is 5.75 Å².